The van der Waals surface area contributed by atoms with Gasteiger partial charge in [0.15, 0.2) is 4.91 Å². The minimum Gasteiger partial charge on any atom is -0.462 e. The highest BCUT2D eigenvalue weighted by Crippen LogP contribution is 2.40. The van der Waals surface area contributed by atoms with Crippen LogP contribution >= 0.6 is 23.2 Å². The number of sulfone groups is 1. The molecule has 20 heavy (non-hydrogen) atoms. The van der Waals surface area contributed by atoms with Crippen molar-refractivity contribution < 1.29 is 17.9 Å². The van der Waals surface area contributed by atoms with Crippen molar-refractivity contribution in [1.29, 1.82) is 0 Å². The highest BCUT2D eigenvalue weighted by molar-refractivity contribution is 7.96. The lowest BCUT2D eigenvalue weighted by Gasteiger charge is -2.22. The molecule has 5 nitrogen and oxygen atoms in total. The number of allylic oxidation sites excluding steroid dienone is 1. The molecule has 0 amide bonds. The summed E-state index contributed by atoms with van der Waals surface area (Å²) in [6.45, 7) is 3.14. The zero-order valence-electron chi connectivity index (χ0n) is 10.7. The maximum atomic E-state index is 12.5. The third kappa shape index (κ3) is 2.39. The molecule has 0 unspecified atom stereocenters. The monoisotopic (exact) mass is 335 g/mol. The van der Waals surface area contributed by atoms with Gasteiger partial charge in [-0.3, -0.25) is 0 Å². The molecule has 0 bridgehead atoms. The van der Waals surface area contributed by atoms with E-state index in [4.69, 9.17) is 27.9 Å². The van der Waals surface area contributed by atoms with Gasteiger partial charge < -0.3 is 10.1 Å². The van der Waals surface area contributed by atoms with Crippen molar-refractivity contribution in [2.75, 3.05) is 11.9 Å². The second-order valence-corrected chi connectivity index (χ2v) is 6.76. The van der Waals surface area contributed by atoms with Crippen molar-refractivity contribution in [2.24, 2.45) is 0 Å². The summed E-state index contributed by atoms with van der Waals surface area (Å²) in [6.07, 6.45) is 0. The first-order valence-corrected chi connectivity index (χ1v) is 7.92. The van der Waals surface area contributed by atoms with Crippen LogP contribution in [0.15, 0.2) is 27.6 Å². The average molecular weight is 336 g/mol. The Kier molecular flexibility index (Phi) is 4.00. The third-order valence-electron chi connectivity index (χ3n) is 2.69. The second kappa shape index (κ2) is 5.27. The lowest BCUT2D eigenvalue weighted by atomic mass is 10.3. The Balaban J connectivity index is 2.69. The van der Waals surface area contributed by atoms with Crippen LogP contribution in [0.2, 0.25) is 10.0 Å². The van der Waals surface area contributed by atoms with Crippen molar-refractivity contribution in [3.63, 3.8) is 0 Å². The van der Waals surface area contributed by atoms with Gasteiger partial charge in [0, 0.05) is 10.7 Å². The van der Waals surface area contributed by atoms with Crippen molar-refractivity contribution >= 4 is 44.7 Å². The molecule has 1 aromatic rings. The average Bonchev–Trinajstić information content (AvgIpc) is 2.31. The molecule has 0 fully saturated rings. The summed E-state index contributed by atoms with van der Waals surface area (Å²) in [6, 6.07) is 2.67. The van der Waals surface area contributed by atoms with Gasteiger partial charge in [-0.05, 0) is 26.0 Å². The van der Waals surface area contributed by atoms with E-state index in [0.717, 1.165) is 0 Å². The van der Waals surface area contributed by atoms with E-state index in [0.29, 0.717) is 0 Å². The molecule has 108 valence electrons. The lowest BCUT2D eigenvalue weighted by molar-refractivity contribution is -0.137. The second-order valence-electron chi connectivity index (χ2n) is 4.06. The molecular formula is C12H11Cl2NO4S. The van der Waals surface area contributed by atoms with Gasteiger partial charge in [0.2, 0.25) is 9.84 Å². The fourth-order valence-corrected chi connectivity index (χ4v) is 4.22. The number of carbonyl (C=O) groups excluding carboxylic acids is 1. The highest BCUT2D eigenvalue weighted by atomic mass is 35.5. The molecule has 0 atom stereocenters. The van der Waals surface area contributed by atoms with Crippen LogP contribution in [0, 0.1) is 0 Å². The number of carbonyl (C=O) groups is 1. The van der Waals surface area contributed by atoms with Crippen molar-refractivity contribution in [1.82, 2.24) is 0 Å². The van der Waals surface area contributed by atoms with Gasteiger partial charge in [0.25, 0.3) is 0 Å². The summed E-state index contributed by atoms with van der Waals surface area (Å²) in [5, 5.41) is 3.14. The number of hydrogen-bond acceptors (Lipinski definition) is 5. The quantitative estimate of drug-likeness (QED) is 0.841. The minimum absolute atomic E-state index is 0.0777. The first-order chi connectivity index (χ1) is 9.28. The van der Waals surface area contributed by atoms with E-state index >= 15 is 0 Å². The largest absolute Gasteiger partial charge is 0.462 e. The van der Waals surface area contributed by atoms with Crippen LogP contribution < -0.4 is 5.32 Å². The molecule has 0 saturated carbocycles. The molecule has 1 aromatic carbocycles. The molecule has 1 heterocycles. The van der Waals surface area contributed by atoms with E-state index < -0.39 is 20.7 Å². The Hall–Kier alpha value is -1.24. The van der Waals surface area contributed by atoms with Crippen molar-refractivity contribution in [3.8, 4) is 0 Å². The fourth-order valence-electron chi connectivity index (χ4n) is 1.90. The SMILES string of the molecule is CCOC(=O)C1=C(C)Nc2c(Cl)cc(Cl)cc2S1(=O)=O. The number of hydrogen-bond donors (Lipinski definition) is 1. The zero-order valence-corrected chi connectivity index (χ0v) is 13.0. The Labute approximate surface area is 126 Å². The fraction of sp³-hybridized carbons (Fsp3) is 0.250. The van der Waals surface area contributed by atoms with E-state index in [2.05, 4.69) is 5.32 Å². The molecule has 0 saturated heterocycles. The van der Waals surface area contributed by atoms with Crippen LogP contribution in [-0.4, -0.2) is 21.0 Å². The van der Waals surface area contributed by atoms with E-state index in [1.165, 1.54) is 19.1 Å². The molecule has 0 radical (unpaired) electrons. The zero-order chi connectivity index (χ0) is 15.1. The number of fused-ring (bicyclic) bond motifs is 1. The maximum absolute atomic E-state index is 12.5. The Morgan fingerprint density at radius 3 is 2.60 bits per heavy atom. The third-order valence-corrected chi connectivity index (χ3v) is 5.12. The van der Waals surface area contributed by atoms with Gasteiger partial charge in [-0.15, -0.1) is 0 Å². The predicted octanol–water partition coefficient (Wildman–Crippen LogP) is 2.99. The van der Waals surface area contributed by atoms with Gasteiger partial charge >= 0.3 is 5.97 Å². The van der Waals surface area contributed by atoms with Crippen LogP contribution in [0.5, 0.6) is 0 Å². The molecule has 1 aliphatic heterocycles. The normalized spacial score (nSPS) is 16.4. The number of benzene rings is 1. The van der Waals surface area contributed by atoms with Crippen molar-refractivity contribution in [2.45, 2.75) is 18.7 Å². The minimum atomic E-state index is -4.02. The number of anilines is 1. The van der Waals surface area contributed by atoms with Gasteiger partial charge in [0.1, 0.15) is 0 Å². The van der Waals surface area contributed by atoms with E-state index in [9.17, 15) is 13.2 Å². The topological polar surface area (TPSA) is 72.5 Å². The van der Waals surface area contributed by atoms with Gasteiger partial charge in [-0.1, -0.05) is 23.2 Å². The van der Waals surface area contributed by atoms with Crippen LogP contribution in [0.3, 0.4) is 0 Å². The number of esters is 1. The smallest absolute Gasteiger partial charge is 0.351 e. The van der Waals surface area contributed by atoms with Crippen LogP contribution in [0.4, 0.5) is 5.69 Å². The number of nitrogens with one attached hydrogen (secondary N) is 1. The lowest BCUT2D eigenvalue weighted by Crippen LogP contribution is -2.25. The van der Waals surface area contributed by atoms with E-state index in [1.54, 1.807) is 6.92 Å². The molecule has 0 aromatic heterocycles. The van der Waals surface area contributed by atoms with Crippen LogP contribution in [0.1, 0.15) is 13.8 Å². The van der Waals surface area contributed by atoms with Gasteiger partial charge in [-0.25, -0.2) is 13.2 Å². The summed E-state index contributed by atoms with van der Waals surface area (Å²) in [4.78, 5) is 11.3. The Morgan fingerprint density at radius 2 is 2.00 bits per heavy atom. The summed E-state index contributed by atoms with van der Waals surface area (Å²) in [5.74, 6) is -0.903. The summed E-state index contributed by atoms with van der Waals surface area (Å²) in [5.41, 5.74) is 0.377. The van der Waals surface area contributed by atoms with E-state index in [1.807, 2.05) is 0 Å². The first-order valence-electron chi connectivity index (χ1n) is 5.68. The van der Waals surface area contributed by atoms with Crippen LogP contribution in [-0.2, 0) is 19.4 Å². The molecule has 2 rings (SSSR count). The Morgan fingerprint density at radius 1 is 1.35 bits per heavy atom. The molecule has 1 aliphatic rings. The van der Waals surface area contributed by atoms with E-state index in [-0.39, 0.29) is 32.9 Å². The summed E-state index contributed by atoms with van der Waals surface area (Å²) >= 11 is 11.8. The van der Waals surface area contributed by atoms with Gasteiger partial charge in [0.05, 0.1) is 22.2 Å². The standard InChI is InChI=1S/C12H11Cl2NO4S/c1-3-19-12(16)11-6(2)15-10-8(14)4-7(13)5-9(10)20(11,17)18/h4-5,15H,3H2,1-2H3. The molecule has 8 heteroatoms. The molecule has 1 N–H and O–H groups in total. The first kappa shape index (κ1) is 15.2. The van der Waals surface area contributed by atoms with Gasteiger partial charge in [-0.2, -0.15) is 0 Å². The summed E-state index contributed by atoms with van der Waals surface area (Å²) < 4.78 is 29.8. The molecule has 0 aliphatic carbocycles. The predicted molar refractivity (Wildman–Crippen MR) is 76.6 cm³/mol. The number of halogens is 2. The Bertz CT molecular complexity index is 725. The number of rotatable bonds is 2. The van der Waals surface area contributed by atoms with Crippen molar-refractivity contribution in [3.05, 3.63) is 32.8 Å². The van der Waals surface area contributed by atoms with Crippen LogP contribution in [0.25, 0.3) is 0 Å². The highest BCUT2D eigenvalue weighted by Gasteiger charge is 2.37. The maximum Gasteiger partial charge on any atom is 0.351 e. The summed E-state index contributed by atoms with van der Waals surface area (Å²) in [7, 11) is -4.02. The molecule has 0 spiro atoms. The molecular weight excluding hydrogens is 325 g/mol. The number of ether oxygens (including phenoxy) is 1.